The number of carbonyl (C=O) groups excluding carboxylic acids is 1. The molecular formula is C20H38N6O2. The van der Waals surface area contributed by atoms with E-state index in [4.69, 9.17) is 4.74 Å². The van der Waals surface area contributed by atoms with Crippen molar-refractivity contribution in [1.29, 1.82) is 0 Å². The molecule has 0 aliphatic rings. The number of rotatable bonds is 7. The Labute approximate surface area is 169 Å². The number of hydrogen-bond acceptors (Lipinski definition) is 4. The van der Waals surface area contributed by atoms with Gasteiger partial charge < -0.3 is 20.3 Å². The number of aromatic nitrogens is 2. The Bertz CT molecular complexity index is 675. The van der Waals surface area contributed by atoms with Crippen LogP contribution in [0.4, 0.5) is 4.79 Å². The summed E-state index contributed by atoms with van der Waals surface area (Å²) in [6.45, 7) is 15.5. The summed E-state index contributed by atoms with van der Waals surface area (Å²) in [5, 5.41) is 11.2. The van der Waals surface area contributed by atoms with E-state index >= 15 is 0 Å². The number of ether oxygens (including phenoxy) is 1. The number of carbonyl (C=O) groups is 1. The van der Waals surface area contributed by atoms with Crippen LogP contribution < -0.4 is 10.6 Å². The van der Waals surface area contributed by atoms with E-state index in [-0.39, 0.29) is 12.1 Å². The molecule has 1 unspecified atom stereocenters. The van der Waals surface area contributed by atoms with Crippen LogP contribution >= 0.6 is 0 Å². The zero-order valence-corrected chi connectivity index (χ0v) is 19.0. The molecule has 0 radical (unpaired) electrons. The van der Waals surface area contributed by atoms with Crippen molar-refractivity contribution < 1.29 is 9.53 Å². The maximum absolute atomic E-state index is 12.2. The number of guanidine groups is 1. The zero-order chi connectivity index (χ0) is 21.5. The molecule has 0 saturated carbocycles. The Morgan fingerprint density at radius 2 is 2.00 bits per heavy atom. The summed E-state index contributed by atoms with van der Waals surface area (Å²) in [5.41, 5.74) is 3.02. The van der Waals surface area contributed by atoms with Gasteiger partial charge in [0.25, 0.3) is 0 Å². The molecule has 8 heteroatoms. The van der Waals surface area contributed by atoms with Crippen LogP contribution in [0.2, 0.25) is 0 Å². The summed E-state index contributed by atoms with van der Waals surface area (Å²) in [6.07, 6.45) is 0.571. The summed E-state index contributed by atoms with van der Waals surface area (Å²) < 4.78 is 7.35. The summed E-state index contributed by atoms with van der Waals surface area (Å²) in [7, 11) is 3.71. The van der Waals surface area contributed by atoms with E-state index in [9.17, 15) is 4.79 Å². The van der Waals surface area contributed by atoms with Crippen LogP contribution in [0.1, 0.15) is 51.6 Å². The molecule has 1 atom stereocenters. The number of amides is 1. The van der Waals surface area contributed by atoms with Crippen LogP contribution in [0.5, 0.6) is 0 Å². The normalized spacial score (nSPS) is 13.2. The molecule has 1 aromatic rings. The van der Waals surface area contributed by atoms with Gasteiger partial charge in [0.05, 0.1) is 5.69 Å². The van der Waals surface area contributed by atoms with Crippen molar-refractivity contribution in [2.45, 2.75) is 66.5 Å². The van der Waals surface area contributed by atoms with Crippen molar-refractivity contribution in [2.75, 3.05) is 26.7 Å². The summed E-state index contributed by atoms with van der Waals surface area (Å²) in [4.78, 5) is 18.2. The maximum Gasteiger partial charge on any atom is 0.410 e. The van der Waals surface area contributed by atoms with Crippen LogP contribution in [0.15, 0.2) is 4.99 Å². The Kier molecular flexibility index (Phi) is 8.78. The van der Waals surface area contributed by atoms with E-state index in [1.54, 1.807) is 11.9 Å². The van der Waals surface area contributed by atoms with Gasteiger partial charge in [-0.3, -0.25) is 9.67 Å². The second-order valence-corrected chi connectivity index (χ2v) is 8.08. The summed E-state index contributed by atoms with van der Waals surface area (Å²) in [5.74, 6) is 0.715. The van der Waals surface area contributed by atoms with E-state index in [2.05, 4.69) is 34.6 Å². The first-order valence-electron chi connectivity index (χ1n) is 9.92. The summed E-state index contributed by atoms with van der Waals surface area (Å²) >= 11 is 0. The highest BCUT2D eigenvalue weighted by Crippen LogP contribution is 2.14. The highest BCUT2D eigenvalue weighted by Gasteiger charge is 2.21. The van der Waals surface area contributed by atoms with Gasteiger partial charge in [0.15, 0.2) is 5.96 Å². The van der Waals surface area contributed by atoms with Crippen molar-refractivity contribution in [1.82, 2.24) is 25.3 Å². The minimum absolute atomic E-state index is 0.195. The predicted octanol–water partition coefficient (Wildman–Crippen LogP) is 2.39. The van der Waals surface area contributed by atoms with Gasteiger partial charge >= 0.3 is 6.09 Å². The van der Waals surface area contributed by atoms with Gasteiger partial charge in [0.1, 0.15) is 5.60 Å². The molecule has 0 aromatic carbocycles. The van der Waals surface area contributed by atoms with Crippen LogP contribution in [0.3, 0.4) is 0 Å². The first-order valence-corrected chi connectivity index (χ1v) is 9.92. The number of nitrogens with zero attached hydrogens (tertiary/aromatic N) is 4. The van der Waals surface area contributed by atoms with E-state index in [0.717, 1.165) is 12.1 Å². The largest absolute Gasteiger partial charge is 0.444 e. The Morgan fingerprint density at radius 3 is 2.46 bits per heavy atom. The number of likely N-dealkylation sites (N-methyl/N-ethyl adjacent to an activating group) is 1. The molecule has 1 amide bonds. The van der Waals surface area contributed by atoms with Gasteiger partial charge in [-0.1, -0.05) is 0 Å². The molecule has 8 nitrogen and oxygen atoms in total. The number of hydrogen-bond donors (Lipinski definition) is 2. The predicted molar refractivity (Wildman–Crippen MR) is 114 cm³/mol. The minimum Gasteiger partial charge on any atom is -0.444 e. The lowest BCUT2D eigenvalue weighted by Gasteiger charge is -2.27. The fraction of sp³-hybridized carbons (Fsp3) is 0.750. The number of nitrogens with one attached hydrogen (secondary N) is 2. The molecule has 0 aliphatic heterocycles. The maximum atomic E-state index is 12.2. The Hall–Kier alpha value is -2.25. The van der Waals surface area contributed by atoms with E-state index in [1.165, 1.54) is 11.3 Å². The molecule has 0 aliphatic carbocycles. The monoisotopic (exact) mass is 394 g/mol. The van der Waals surface area contributed by atoms with Gasteiger partial charge in [-0.15, -0.1) is 0 Å². The highest BCUT2D eigenvalue weighted by molar-refractivity contribution is 5.80. The molecular weight excluding hydrogens is 356 g/mol. The lowest BCUT2D eigenvalue weighted by atomic mass is 10.1. The standard InChI is InChI=1S/C20H38N6O2/c1-10-26(19(27)28-20(5,6)7)12-11-22-18(21-8)23-14(2)13-17-15(3)24-25(9)16(17)4/h14H,10-13H2,1-9H3,(H2,21,22,23). The third-order valence-electron chi connectivity index (χ3n) is 4.48. The van der Waals surface area contributed by atoms with Gasteiger partial charge in [-0.2, -0.15) is 5.10 Å². The molecule has 28 heavy (non-hydrogen) atoms. The highest BCUT2D eigenvalue weighted by atomic mass is 16.6. The molecule has 1 aromatic heterocycles. The molecule has 1 rings (SSSR count). The first-order chi connectivity index (χ1) is 13.0. The quantitative estimate of drug-likeness (QED) is 0.548. The number of aryl methyl sites for hydroxylation is 2. The molecule has 1 heterocycles. The fourth-order valence-electron chi connectivity index (χ4n) is 2.91. The lowest BCUT2D eigenvalue weighted by molar-refractivity contribution is 0.0264. The average Bonchev–Trinajstić information content (AvgIpc) is 2.82. The number of aliphatic imine (C=N–C) groups is 1. The third kappa shape index (κ3) is 7.40. The molecule has 0 saturated heterocycles. The molecule has 160 valence electrons. The minimum atomic E-state index is -0.493. The van der Waals surface area contributed by atoms with Gasteiger partial charge in [-0.25, -0.2) is 4.79 Å². The van der Waals surface area contributed by atoms with Crippen molar-refractivity contribution in [3.8, 4) is 0 Å². The van der Waals surface area contributed by atoms with E-state index < -0.39 is 5.60 Å². The molecule has 0 spiro atoms. The second-order valence-electron chi connectivity index (χ2n) is 8.08. The van der Waals surface area contributed by atoms with Crippen LogP contribution in [-0.4, -0.2) is 65.1 Å². The Morgan fingerprint density at radius 1 is 1.36 bits per heavy atom. The van der Waals surface area contributed by atoms with Gasteiger partial charge in [0, 0.05) is 45.5 Å². The van der Waals surface area contributed by atoms with E-state index in [1.807, 2.05) is 46.3 Å². The molecule has 0 bridgehead atoms. The Balaban J connectivity index is 2.52. The lowest BCUT2D eigenvalue weighted by Crippen LogP contribution is -2.46. The average molecular weight is 395 g/mol. The molecule has 2 N–H and O–H groups in total. The SMILES string of the molecule is CCN(CCNC(=NC)NC(C)Cc1c(C)nn(C)c1C)C(=O)OC(C)(C)C. The zero-order valence-electron chi connectivity index (χ0n) is 19.0. The van der Waals surface area contributed by atoms with Crippen LogP contribution in [0, 0.1) is 13.8 Å². The van der Waals surface area contributed by atoms with Crippen LogP contribution in [0.25, 0.3) is 0 Å². The molecule has 0 fully saturated rings. The van der Waals surface area contributed by atoms with Crippen molar-refractivity contribution in [2.24, 2.45) is 12.0 Å². The van der Waals surface area contributed by atoms with Crippen molar-refractivity contribution in [3.63, 3.8) is 0 Å². The van der Waals surface area contributed by atoms with Crippen LogP contribution in [-0.2, 0) is 18.2 Å². The van der Waals surface area contributed by atoms with Crippen molar-refractivity contribution >= 4 is 12.1 Å². The third-order valence-corrected chi connectivity index (χ3v) is 4.48. The van der Waals surface area contributed by atoms with Crippen molar-refractivity contribution in [3.05, 3.63) is 17.0 Å². The first kappa shape index (κ1) is 23.8. The topological polar surface area (TPSA) is 83.8 Å². The van der Waals surface area contributed by atoms with E-state index in [0.29, 0.717) is 25.6 Å². The smallest absolute Gasteiger partial charge is 0.410 e. The van der Waals surface area contributed by atoms with Gasteiger partial charge in [-0.05, 0) is 60.5 Å². The fourth-order valence-corrected chi connectivity index (χ4v) is 2.91. The van der Waals surface area contributed by atoms with Gasteiger partial charge in [0.2, 0.25) is 0 Å². The summed E-state index contributed by atoms with van der Waals surface area (Å²) in [6, 6.07) is 0.195. The second kappa shape index (κ2) is 10.3.